The summed E-state index contributed by atoms with van der Waals surface area (Å²) >= 11 is 0. The highest BCUT2D eigenvalue weighted by Crippen LogP contribution is 2.31. The maximum Gasteiger partial charge on any atom is 0.204 e. The van der Waals surface area contributed by atoms with Gasteiger partial charge in [0.2, 0.25) is 5.75 Å². The molecule has 0 spiro atoms. The Balaban J connectivity index is 2.11. The van der Waals surface area contributed by atoms with Crippen LogP contribution in [0.15, 0.2) is 30.9 Å². The molecule has 2 aromatic heterocycles. The Labute approximate surface area is 125 Å². The predicted molar refractivity (Wildman–Crippen MR) is 84.0 cm³/mol. The van der Waals surface area contributed by atoms with E-state index in [2.05, 4.69) is 25.2 Å². The summed E-state index contributed by atoms with van der Waals surface area (Å²) in [6.45, 7) is 3.64. The monoisotopic (exact) mass is 287 g/mol. The number of methoxy groups -OCH3 is 1. The van der Waals surface area contributed by atoms with Gasteiger partial charge in [-0.1, -0.05) is 0 Å². The van der Waals surface area contributed by atoms with Crippen molar-refractivity contribution in [3.8, 4) is 5.75 Å². The first-order chi connectivity index (χ1) is 10.3. The second-order valence-corrected chi connectivity index (χ2v) is 4.64. The van der Waals surface area contributed by atoms with E-state index in [1.54, 1.807) is 13.4 Å². The van der Waals surface area contributed by atoms with E-state index < -0.39 is 0 Å². The molecule has 0 aliphatic heterocycles. The molecular weight excluding hydrogens is 266 g/mol. The first kappa shape index (κ1) is 15.0. The Bertz CT molecular complexity index is 561. The molecule has 0 fully saturated rings. The number of pyridine rings is 1. The highest BCUT2D eigenvalue weighted by molar-refractivity contribution is 5.64. The fourth-order valence-electron chi connectivity index (χ4n) is 2.07. The third-order valence-corrected chi connectivity index (χ3v) is 3.18. The fourth-order valence-corrected chi connectivity index (χ4v) is 2.07. The summed E-state index contributed by atoms with van der Waals surface area (Å²) in [4.78, 5) is 14.7. The van der Waals surface area contributed by atoms with Crippen LogP contribution in [0.25, 0.3) is 0 Å². The summed E-state index contributed by atoms with van der Waals surface area (Å²) in [5.41, 5.74) is 1.25. The van der Waals surface area contributed by atoms with Crippen molar-refractivity contribution in [1.29, 1.82) is 0 Å². The molecule has 21 heavy (non-hydrogen) atoms. The van der Waals surface area contributed by atoms with Crippen molar-refractivity contribution >= 4 is 11.6 Å². The molecule has 0 aliphatic carbocycles. The third kappa shape index (κ3) is 3.81. The largest absolute Gasteiger partial charge is 0.490 e. The van der Waals surface area contributed by atoms with Gasteiger partial charge < -0.3 is 15.0 Å². The van der Waals surface area contributed by atoms with Gasteiger partial charge in [0, 0.05) is 32.5 Å². The van der Waals surface area contributed by atoms with Crippen molar-refractivity contribution in [2.24, 2.45) is 0 Å². The van der Waals surface area contributed by atoms with Crippen LogP contribution in [0.4, 0.5) is 11.6 Å². The van der Waals surface area contributed by atoms with Crippen molar-refractivity contribution in [2.45, 2.75) is 13.3 Å². The second kappa shape index (κ2) is 7.42. The van der Waals surface area contributed by atoms with Crippen molar-refractivity contribution in [3.63, 3.8) is 0 Å². The normalized spacial score (nSPS) is 10.2. The van der Waals surface area contributed by atoms with E-state index in [4.69, 9.17) is 4.74 Å². The number of ether oxygens (including phenoxy) is 1. The minimum absolute atomic E-state index is 0.677. The average Bonchev–Trinajstić information content (AvgIpc) is 2.53. The van der Waals surface area contributed by atoms with Crippen LogP contribution in [-0.2, 0) is 6.42 Å². The number of anilines is 2. The van der Waals surface area contributed by atoms with E-state index >= 15 is 0 Å². The lowest BCUT2D eigenvalue weighted by Gasteiger charge is -2.21. The van der Waals surface area contributed by atoms with Crippen LogP contribution in [0.1, 0.15) is 12.5 Å². The molecular formula is C15H21N5O. The highest BCUT2D eigenvalue weighted by Gasteiger charge is 2.15. The Morgan fingerprint density at radius 3 is 2.67 bits per heavy atom. The van der Waals surface area contributed by atoms with Gasteiger partial charge in [0.25, 0.3) is 0 Å². The van der Waals surface area contributed by atoms with Crippen LogP contribution in [-0.4, -0.2) is 42.2 Å². The van der Waals surface area contributed by atoms with Crippen molar-refractivity contribution in [2.75, 3.05) is 37.5 Å². The van der Waals surface area contributed by atoms with Crippen LogP contribution in [0.5, 0.6) is 5.75 Å². The molecule has 2 heterocycles. The summed E-state index contributed by atoms with van der Waals surface area (Å²) in [7, 11) is 3.64. The topological polar surface area (TPSA) is 63.2 Å². The Hall–Kier alpha value is -2.37. The molecule has 0 unspecified atom stereocenters. The summed E-state index contributed by atoms with van der Waals surface area (Å²) in [5, 5.41) is 3.19. The zero-order chi connectivity index (χ0) is 15.1. The number of hydrogen-bond donors (Lipinski definition) is 1. The van der Waals surface area contributed by atoms with Gasteiger partial charge >= 0.3 is 0 Å². The van der Waals surface area contributed by atoms with E-state index in [9.17, 15) is 0 Å². The lowest BCUT2D eigenvalue weighted by Crippen LogP contribution is -2.22. The fraction of sp³-hybridized carbons (Fsp3) is 0.400. The average molecular weight is 287 g/mol. The van der Waals surface area contributed by atoms with Gasteiger partial charge in [0.1, 0.15) is 6.33 Å². The first-order valence-electron chi connectivity index (χ1n) is 6.99. The van der Waals surface area contributed by atoms with Gasteiger partial charge in [-0.2, -0.15) is 0 Å². The lowest BCUT2D eigenvalue weighted by molar-refractivity contribution is 0.413. The molecule has 1 N–H and O–H groups in total. The molecule has 0 aliphatic rings. The molecule has 6 nitrogen and oxygen atoms in total. The number of nitrogens with one attached hydrogen (secondary N) is 1. The zero-order valence-corrected chi connectivity index (χ0v) is 12.7. The van der Waals surface area contributed by atoms with E-state index in [0.717, 1.165) is 31.1 Å². The minimum Gasteiger partial charge on any atom is -0.490 e. The summed E-state index contributed by atoms with van der Waals surface area (Å²) in [6, 6.07) is 4.05. The standard InChI is InChI=1S/C15H21N5O/c1-4-17-14-13(21-3)15(19-11-18-14)20(2)10-7-12-5-8-16-9-6-12/h5-6,8-9,11H,4,7,10H2,1-3H3,(H,17,18,19). The molecule has 0 atom stereocenters. The van der Waals surface area contributed by atoms with Gasteiger partial charge in [-0.25, -0.2) is 9.97 Å². The van der Waals surface area contributed by atoms with Crippen LogP contribution >= 0.6 is 0 Å². The maximum atomic E-state index is 5.46. The molecule has 0 saturated carbocycles. The molecule has 0 amide bonds. The Morgan fingerprint density at radius 2 is 2.00 bits per heavy atom. The number of hydrogen-bond acceptors (Lipinski definition) is 6. The van der Waals surface area contributed by atoms with Crippen LogP contribution < -0.4 is 15.0 Å². The molecule has 0 aromatic carbocycles. The Morgan fingerprint density at radius 1 is 1.24 bits per heavy atom. The first-order valence-corrected chi connectivity index (χ1v) is 6.99. The highest BCUT2D eigenvalue weighted by atomic mass is 16.5. The van der Waals surface area contributed by atoms with Crippen LogP contribution in [0.2, 0.25) is 0 Å². The van der Waals surface area contributed by atoms with Gasteiger partial charge in [0.05, 0.1) is 7.11 Å². The van der Waals surface area contributed by atoms with E-state index in [-0.39, 0.29) is 0 Å². The van der Waals surface area contributed by atoms with E-state index in [0.29, 0.717) is 5.75 Å². The Kier molecular flexibility index (Phi) is 5.31. The van der Waals surface area contributed by atoms with Gasteiger partial charge in [-0.3, -0.25) is 4.98 Å². The minimum atomic E-state index is 0.677. The number of nitrogens with zero attached hydrogens (tertiary/aromatic N) is 4. The third-order valence-electron chi connectivity index (χ3n) is 3.18. The number of rotatable bonds is 7. The van der Waals surface area contributed by atoms with Crippen molar-refractivity contribution < 1.29 is 4.74 Å². The van der Waals surface area contributed by atoms with Crippen LogP contribution in [0.3, 0.4) is 0 Å². The van der Waals surface area contributed by atoms with Crippen LogP contribution in [0, 0.1) is 0 Å². The number of likely N-dealkylation sites (N-methyl/N-ethyl adjacent to an activating group) is 1. The summed E-state index contributed by atoms with van der Waals surface area (Å²) in [6.07, 6.45) is 6.09. The lowest BCUT2D eigenvalue weighted by atomic mass is 10.2. The van der Waals surface area contributed by atoms with Crippen molar-refractivity contribution in [3.05, 3.63) is 36.4 Å². The molecule has 6 heteroatoms. The van der Waals surface area contributed by atoms with Gasteiger partial charge in [-0.05, 0) is 31.0 Å². The molecule has 2 aromatic rings. The molecule has 2 rings (SSSR count). The summed E-state index contributed by atoms with van der Waals surface area (Å²) < 4.78 is 5.46. The van der Waals surface area contributed by atoms with Gasteiger partial charge in [-0.15, -0.1) is 0 Å². The van der Waals surface area contributed by atoms with E-state index in [1.807, 2.05) is 38.5 Å². The predicted octanol–water partition coefficient (Wildman–Crippen LogP) is 1.99. The molecule has 112 valence electrons. The number of aromatic nitrogens is 3. The zero-order valence-electron chi connectivity index (χ0n) is 12.7. The maximum absolute atomic E-state index is 5.46. The molecule has 0 saturated heterocycles. The van der Waals surface area contributed by atoms with Crippen molar-refractivity contribution in [1.82, 2.24) is 15.0 Å². The molecule has 0 radical (unpaired) electrons. The SMILES string of the molecule is CCNc1ncnc(N(C)CCc2ccncc2)c1OC. The molecule has 0 bridgehead atoms. The van der Waals surface area contributed by atoms with E-state index in [1.165, 1.54) is 5.56 Å². The smallest absolute Gasteiger partial charge is 0.204 e. The second-order valence-electron chi connectivity index (χ2n) is 4.64. The summed E-state index contributed by atoms with van der Waals surface area (Å²) in [5.74, 6) is 2.19. The van der Waals surface area contributed by atoms with Gasteiger partial charge in [0.15, 0.2) is 11.6 Å². The quantitative estimate of drug-likeness (QED) is 0.840.